The molecule has 6 heteroatoms. The Morgan fingerprint density at radius 1 is 1.32 bits per heavy atom. The number of nitrogens with zero attached hydrogens (tertiary/aromatic N) is 1. The van der Waals surface area contributed by atoms with Crippen molar-refractivity contribution in [2.45, 2.75) is 50.0 Å². The van der Waals surface area contributed by atoms with Gasteiger partial charge in [-0.25, -0.2) is 0 Å². The second kappa shape index (κ2) is 10.5. The van der Waals surface area contributed by atoms with Gasteiger partial charge < -0.3 is 15.0 Å². The van der Waals surface area contributed by atoms with Crippen molar-refractivity contribution in [1.29, 1.82) is 0 Å². The molecule has 0 unspecified atom stereocenters. The smallest absolute Gasteiger partial charge is 0.224 e. The van der Waals surface area contributed by atoms with Gasteiger partial charge in [-0.3, -0.25) is 9.59 Å². The van der Waals surface area contributed by atoms with E-state index in [4.69, 9.17) is 4.74 Å². The van der Waals surface area contributed by atoms with E-state index in [2.05, 4.69) is 12.2 Å². The SMILES string of the molecule is CCCN(C[C@H]1CCCO1)C(=O)CCC(=O)Nc1ccccc1SC. The average Bonchev–Trinajstić information content (AvgIpc) is 3.13. The molecule has 0 bridgehead atoms. The molecule has 1 aliphatic rings. The summed E-state index contributed by atoms with van der Waals surface area (Å²) < 4.78 is 5.63. The number of amides is 2. The van der Waals surface area contributed by atoms with Crippen molar-refractivity contribution in [2.24, 2.45) is 0 Å². The maximum atomic E-state index is 12.5. The molecule has 0 saturated carbocycles. The Bertz CT molecular complexity index is 574. The number of thioether (sulfide) groups is 1. The number of nitrogens with one attached hydrogen (secondary N) is 1. The largest absolute Gasteiger partial charge is 0.376 e. The van der Waals surface area contributed by atoms with Crippen molar-refractivity contribution in [1.82, 2.24) is 4.90 Å². The van der Waals surface area contributed by atoms with Crippen molar-refractivity contribution in [3.05, 3.63) is 24.3 Å². The summed E-state index contributed by atoms with van der Waals surface area (Å²) in [5, 5.41) is 2.91. The molecular weight excluding hydrogens is 336 g/mol. The van der Waals surface area contributed by atoms with Crippen LogP contribution in [0.2, 0.25) is 0 Å². The minimum absolute atomic E-state index is 0.0330. The third-order valence-corrected chi connectivity index (χ3v) is 5.04. The van der Waals surface area contributed by atoms with Gasteiger partial charge in [0.15, 0.2) is 0 Å². The van der Waals surface area contributed by atoms with Crippen molar-refractivity contribution >= 4 is 29.3 Å². The van der Waals surface area contributed by atoms with Gasteiger partial charge in [-0.15, -0.1) is 11.8 Å². The van der Waals surface area contributed by atoms with Crippen LogP contribution in [0.15, 0.2) is 29.2 Å². The van der Waals surface area contributed by atoms with E-state index in [-0.39, 0.29) is 30.8 Å². The van der Waals surface area contributed by atoms with Crippen LogP contribution in [0.4, 0.5) is 5.69 Å². The van der Waals surface area contributed by atoms with Gasteiger partial charge >= 0.3 is 0 Å². The minimum Gasteiger partial charge on any atom is -0.376 e. The fourth-order valence-electron chi connectivity index (χ4n) is 2.96. The minimum atomic E-state index is -0.122. The number of para-hydroxylation sites is 1. The second-order valence-corrected chi connectivity index (χ2v) is 7.07. The summed E-state index contributed by atoms with van der Waals surface area (Å²) in [6.07, 6.45) is 5.55. The van der Waals surface area contributed by atoms with Crippen LogP contribution in [0.25, 0.3) is 0 Å². The van der Waals surface area contributed by atoms with E-state index in [0.717, 1.165) is 43.0 Å². The van der Waals surface area contributed by atoms with Gasteiger partial charge in [0, 0.05) is 37.4 Å². The Labute approximate surface area is 154 Å². The van der Waals surface area contributed by atoms with Gasteiger partial charge in [0.1, 0.15) is 0 Å². The molecule has 5 nitrogen and oxygen atoms in total. The van der Waals surface area contributed by atoms with Gasteiger partial charge in [-0.1, -0.05) is 19.1 Å². The van der Waals surface area contributed by atoms with Crippen molar-refractivity contribution in [2.75, 3.05) is 31.3 Å². The molecule has 1 saturated heterocycles. The first-order valence-electron chi connectivity index (χ1n) is 8.96. The molecule has 1 atom stereocenters. The van der Waals surface area contributed by atoms with Crippen LogP contribution >= 0.6 is 11.8 Å². The lowest BCUT2D eigenvalue weighted by Crippen LogP contribution is -2.38. The van der Waals surface area contributed by atoms with Crippen molar-refractivity contribution in [3.63, 3.8) is 0 Å². The topological polar surface area (TPSA) is 58.6 Å². The number of hydrogen-bond donors (Lipinski definition) is 1. The molecule has 138 valence electrons. The highest BCUT2D eigenvalue weighted by Gasteiger charge is 2.22. The quantitative estimate of drug-likeness (QED) is 0.681. The van der Waals surface area contributed by atoms with E-state index in [0.29, 0.717) is 6.54 Å². The summed E-state index contributed by atoms with van der Waals surface area (Å²) in [6, 6.07) is 7.69. The summed E-state index contributed by atoms with van der Waals surface area (Å²) in [7, 11) is 0. The predicted molar refractivity (Wildman–Crippen MR) is 102 cm³/mol. The van der Waals surface area contributed by atoms with Crippen LogP contribution in [0, 0.1) is 0 Å². The van der Waals surface area contributed by atoms with Crippen LogP contribution < -0.4 is 5.32 Å². The first kappa shape index (κ1) is 19.8. The molecule has 25 heavy (non-hydrogen) atoms. The van der Waals surface area contributed by atoms with E-state index in [1.165, 1.54) is 0 Å². The predicted octanol–water partition coefficient (Wildman–Crippen LogP) is 3.54. The molecular formula is C19H28N2O3S. The van der Waals surface area contributed by atoms with E-state index in [9.17, 15) is 9.59 Å². The van der Waals surface area contributed by atoms with Crippen molar-refractivity contribution in [3.8, 4) is 0 Å². The normalized spacial score (nSPS) is 16.6. The fraction of sp³-hybridized carbons (Fsp3) is 0.579. The van der Waals surface area contributed by atoms with Gasteiger partial charge in [0.05, 0.1) is 11.8 Å². The number of anilines is 1. The fourth-order valence-corrected chi connectivity index (χ4v) is 3.51. The number of rotatable bonds is 9. The lowest BCUT2D eigenvalue weighted by molar-refractivity contribution is -0.134. The highest BCUT2D eigenvalue weighted by molar-refractivity contribution is 7.98. The maximum Gasteiger partial charge on any atom is 0.224 e. The van der Waals surface area contributed by atoms with Crippen LogP contribution in [-0.4, -0.2) is 48.8 Å². The van der Waals surface area contributed by atoms with E-state index in [1.807, 2.05) is 35.4 Å². The molecule has 1 aliphatic heterocycles. The Morgan fingerprint density at radius 2 is 2.12 bits per heavy atom. The second-order valence-electron chi connectivity index (χ2n) is 6.22. The highest BCUT2D eigenvalue weighted by Crippen LogP contribution is 2.24. The van der Waals surface area contributed by atoms with Gasteiger partial charge in [0.2, 0.25) is 11.8 Å². The third-order valence-electron chi connectivity index (χ3n) is 4.24. The molecule has 2 rings (SSSR count). The maximum absolute atomic E-state index is 12.5. The zero-order chi connectivity index (χ0) is 18.1. The number of ether oxygens (including phenoxy) is 1. The lowest BCUT2D eigenvalue weighted by Gasteiger charge is -2.25. The molecule has 0 aromatic heterocycles. The van der Waals surface area contributed by atoms with Crippen molar-refractivity contribution < 1.29 is 14.3 Å². The van der Waals surface area contributed by atoms with Crippen LogP contribution in [0.3, 0.4) is 0 Å². The summed E-state index contributed by atoms with van der Waals surface area (Å²) in [4.78, 5) is 27.5. The lowest BCUT2D eigenvalue weighted by atomic mass is 10.2. The molecule has 0 radical (unpaired) electrons. The molecule has 1 aromatic carbocycles. The van der Waals surface area contributed by atoms with E-state index in [1.54, 1.807) is 11.8 Å². The highest BCUT2D eigenvalue weighted by atomic mass is 32.2. The zero-order valence-corrected chi connectivity index (χ0v) is 15.9. The summed E-state index contributed by atoms with van der Waals surface area (Å²) in [6.45, 7) is 4.21. The molecule has 1 N–H and O–H groups in total. The average molecular weight is 365 g/mol. The van der Waals surface area contributed by atoms with E-state index >= 15 is 0 Å². The molecule has 0 spiro atoms. The monoisotopic (exact) mass is 364 g/mol. The standard InChI is InChI=1S/C19H28N2O3S/c1-3-12-21(14-15-7-6-13-24-15)19(23)11-10-18(22)20-16-8-4-5-9-17(16)25-2/h4-5,8-9,15H,3,6-7,10-14H2,1-2H3,(H,20,22)/t15-/m1/s1. The zero-order valence-electron chi connectivity index (χ0n) is 15.1. The van der Waals surface area contributed by atoms with E-state index < -0.39 is 0 Å². The Morgan fingerprint density at radius 3 is 2.80 bits per heavy atom. The van der Waals surface area contributed by atoms with Crippen LogP contribution in [0.1, 0.15) is 39.0 Å². The number of benzene rings is 1. The molecule has 2 amide bonds. The summed E-state index contributed by atoms with van der Waals surface area (Å²) >= 11 is 1.59. The summed E-state index contributed by atoms with van der Waals surface area (Å²) in [5.74, 6) is -0.0888. The molecule has 0 aliphatic carbocycles. The molecule has 1 heterocycles. The van der Waals surface area contributed by atoms with Gasteiger partial charge in [0.25, 0.3) is 0 Å². The Kier molecular flexibility index (Phi) is 8.28. The molecule has 1 aromatic rings. The first-order chi connectivity index (χ1) is 12.1. The first-order valence-corrected chi connectivity index (χ1v) is 10.2. The number of hydrogen-bond acceptors (Lipinski definition) is 4. The van der Waals surface area contributed by atoms with Crippen LogP contribution in [-0.2, 0) is 14.3 Å². The number of carbonyl (C=O) groups excluding carboxylic acids is 2. The van der Waals surface area contributed by atoms with Gasteiger partial charge in [-0.05, 0) is 37.7 Å². The van der Waals surface area contributed by atoms with Gasteiger partial charge in [-0.2, -0.15) is 0 Å². The third kappa shape index (κ3) is 6.36. The Hall–Kier alpha value is -1.53. The Balaban J connectivity index is 1.82. The number of carbonyl (C=O) groups is 2. The summed E-state index contributed by atoms with van der Waals surface area (Å²) in [5.41, 5.74) is 0.803. The molecule has 1 fully saturated rings. The van der Waals surface area contributed by atoms with Crippen LogP contribution in [0.5, 0.6) is 0 Å².